The SMILES string of the molecule is Cc1ccccc1-c1ccc(C2/C(=C/NCc3ccncc3)NC2C)cc1. The van der Waals surface area contributed by atoms with Gasteiger partial charge in [0.05, 0.1) is 0 Å². The number of pyridine rings is 1. The summed E-state index contributed by atoms with van der Waals surface area (Å²) in [6, 6.07) is 22.1. The van der Waals surface area contributed by atoms with Crippen molar-refractivity contribution in [2.45, 2.75) is 32.4 Å². The molecular weight excluding hydrogens is 330 g/mol. The lowest BCUT2D eigenvalue weighted by atomic mass is 9.82. The minimum Gasteiger partial charge on any atom is -0.385 e. The molecule has 0 bridgehead atoms. The molecule has 4 rings (SSSR count). The highest BCUT2D eigenvalue weighted by atomic mass is 15.0. The summed E-state index contributed by atoms with van der Waals surface area (Å²) < 4.78 is 0. The van der Waals surface area contributed by atoms with Gasteiger partial charge in [0.1, 0.15) is 0 Å². The van der Waals surface area contributed by atoms with E-state index >= 15 is 0 Å². The van der Waals surface area contributed by atoms with Crippen molar-refractivity contribution < 1.29 is 0 Å². The second kappa shape index (κ2) is 7.67. The van der Waals surface area contributed by atoms with Gasteiger partial charge in [-0.05, 0) is 53.8 Å². The van der Waals surface area contributed by atoms with E-state index in [1.807, 2.05) is 24.5 Å². The molecule has 2 unspecified atom stereocenters. The van der Waals surface area contributed by atoms with Crippen LogP contribution in [0.5, 0.6) is 0 Å². The molecule has 0 aliphatic carbocycles. The van der Waals surface area contributed by atoms with Crippen molar-refractivity contribution in [1.82, 2.24) is 15.6 Å². The molecule has 2 N–H and O–H groups in total. The summed E-state index contributed by atoms with van der Waals surface area (Å²) >= 11 is 0. The third-order valence-electron chi connectivity index (χ3n) is 5.27. The van der Waals surface area contributed by atoms with E-state index in [1.165, 1.54) is 33.5 Å². The topological polar surface area (TPSA) is 37.0 Å². The molecule has 1 fully saturated rings. The number of nitrogens with zero attached hydrogens (tertiary/aromatic N) is 1. The molecule has 27 heavy (non-hydrogen) atoms. The van der Waals surface area contributed by atoms with Crippen molar-refractivity contribution in [2.75, 3.05) is 0 Å². The Labute approximate surface area is 161 Å². The number of hydrogen-bond acceptors (Lipinski definition) is 3. The van der Waals surface area contributed by atoms with E-state index < -0.39 is 0 Å². The Morgan fingerprint density at radius 3 is 2.44 bits per heavy atom. The van der Waals surface area contributed by atoms with Gasteiger partial charge in [0.2, 0.25) is 0 Å². The first-order valence-corrected chi connectivity index (χ1v) is 9.47. The second-order valence-corrected chi connectivity index (χ2v) is 7.18. The molecule has 136 valence electrons. The minimum atomic E-state index is 0.417. The van der Waals surface area contributed by atoms with Crippen molar-refractivity contribution in [3.8, 4) is 11.1 Å². The Balaban J connectivity index is 1.47. The highest BCUT2D eigenvalue weighted by molar-refractivity contribution is 5.67. The van der Waals surface area contributed by atoms with Crippen molar-refractivity contribution in [3.63, 3.8) is 0 Å². The number of aryl methyl sites for hydroxylation is 1. The standard InChI is InChI=1S/C24H25N3/c1-17-5-3-4-6-22(17)20-7-9-21(10-8-20)24-18(2)27-23(24)16-26-15-19-11-13-25-14-12-19/h3-14,16,18,24,26-27H,15H2,1-2H3/b23-16-. The fraction of sp³-hybridized carbons (Fsp3) is 0.208. The molecule has 0 saturated carbocycles. The first-order chi connectivity index (χ1) is 13.2. The summed E-state index contributed by atoms with van der Waals surface area (Å²) in [7, 11) is 0. The van der Waals surface area contributed by atoms with Crippen molar-refractivity contribution in [3.05, 3.63) is 102 Å². The van der Waals surface area contributed by atoms with Gasteiger partial charge in [0, 0.05) is 42.8 Å². The minimum absolute atomic E-state index is 0.417. The van der Waals surface area contributed by atoms with Crippen LogP contribution in [0.25, 0.3) is 11.1 Å². The molecule has 1 aliphatic heterocycles. The number of hydrogen-bond donors (Lipinski definition) is 2. The molecule has 1 aliphatic rings. The number of rotatable bonds is 5. The maximum atomic E-state index is 4.06. The molecule has 0 amide bonds. The van der Waals surface area contributed by atoms with Gasteiger partial charge in [-0.15, -0.1) is 0 Å². The predicted molar refractivity (Wildman–Crippen MR) is 111 cm³/mol. The van der Waals surface area contributed by atoms with Crippen LogP contribution in [-0.2, 0) is 6.54 Å². The van der Waals surface area contributed by atoms with Gasteiger partial charge in [-0.25, -0.2) is 0 Å². The lowest BCUT2D eigenvalue weighted by Gasteiger charge is -2.40. The number of aromatic nitrogens is 1. The molecule has 2 aromatic carbocycles. The zero-order valence-corrected chi connectivity index (χ0v) is 15.8. The summed E-state index contributed by atoms with van der Waals surface area (Å²) in [6.45, 7) is 5.21. The van der Waals surface area contributed by atoms with Crippen LogP contribution in [0.2, 0.25) is 0 Å². The monoisotopic (exact) mass is 355 g/mol. The normalized spacial score (nSPS) is 20.0. The van der Waals surface area contributed by atoms with Gasteiger partial charge in [-0.3, -0.25) is 4.98 Å². The van der Waals surface area contributed by atoms with Crippen molar-refractivity contribution in [1.29, 1.82) is 0 Å². The molecule has 2 atom stereocenters. The molecule has 2 heterocycles. The Morgan fingerprint density at radius 2 is 1.74 bits per heavy atom. The Hall–Kier alpha value is -3.07. The molecule has 0 radical (unpaired) electrons. The molecule has 3 heteroatoms. The highest BCUT2D eigenvalue weighted by Gasteiger charge is 2.33. The highest BCUT2D eigenvalue weighted by Crippen LogP contribution is 2.35. The Bertz CT molecular complexity index is 929. The van der Waals surface area contributed by atoms with E-state index in [-0.39, 0.29) is 0 Å². The summed E-state index contributed by atoms with van der Waals surface area (Å²) in [5.41, 5.74) is 7.73. The second-order valence-electron chi connectivity index (χ2n) is 7.18. The number of nitrogens with one attached hydrogen (secondary N) is 2. The van der Waals surface area contributed by atoms with Gasteiger partial charge >= 0.3 is 0 Å². The van der Waals surface area contributed by atoms with E-state index in [2.05, 4.69) is 84.2 Å². The average Bonchev–Trinajstić information content (AvgIpc) is 2.69. The zero-order valence-electron chi connectivity index (χ0n) is 15.8. The van der Waals surface area contributed by atoms with Gasteiger partial charge in [-0.1, -0.05) is 48.5 Å². The van der Waals surface area contributed by atoms with Crippen LogP contribution >= 0.6 is 0 Å². The maximum Gasteiger partial charge on any atom is 0.0451 e. The molecule has 3 aromatic rings. The fourth-order valence-corrected chi connectivity index (χ4v) is 3.76. The van der Waals surface area contributed by atoms with Crippen LogP contribution in [0.4, 0.5) is 0 Å². The summed E-state index contributed by atoms with van der Waals surface area (Å²) in [6.07, 6.45) is 5.76. The van der Waals surface area contributed by atoms with E-state index in [4.69, 9.17) is 0 Å². The zero-order chi connectivity index (χ0) is 18.6. The summed E-state index contributed by atoms with van der Waals surface area (Å²) in [5.74, 6) is 0.417. The van der Waals surface area contributed by atoms with E-state index in [1.54, 1.807) is 0 Å². The van der Waals surface area contributed by atoms with Crippen LogP contribution < -0.4 is 10.6 Å². The number of benzene rings is 2. The first-order valence-electron chi connectivity index (χ1n) is 9.47. The first kappa shape index (κ1) is 17.3. The smallest absolute Gasteiger partial charge is 0.0451 e. The summed E-state index contributed by atoms with van der Waals surface area (Å²) in [4.78, 5) is 4.06. The summed E-state index contributed by atoms with van der Waals surface area (Å²) in [5, 5.41) is 6.94. The Kier molecular flexibility index (Phi) is 4.93. The third-order valence-corrected chi connectivity index (χ3v) is 5.27. The quantitative estimate of drug-likeness (QED) is 0.693. The molecule has 1 aromatic heterocycles. The molecular formula is C24H25N3. The lowest BCUT2D eigenvalue weighted by Crippen LogP contribution is -2.47. The molecule has 3 nitrogen and oxygen atoms in total. The molecule has 0 spiro atoms. The van der Waals surface area contributed by atoms with Gasteiger partial charge in [0.25, 0.3) is 0 Å². The van der Waals surface area contributed by atoms with Gasteiger partial charge < -0.3 is 10.6 Å². The third kappa shape index (κ3) is 3.72. The van der Waals surface area contributed by atoms with Crippen LogP contribution in [0.1, 0.15) is 29.5 Å². The Morgan fingerprint density at radius 1 is 1.00 bits per heavy atom. The lowest BCUT2D eigenvalue weighted by molar-refractivity contribution is 0.409. The van der Waals surface area contributed by atoms with Crippen molar-refractivity contribution >= 4 is 0 Å². The molecule has 1 saturated heterocycles. The van der Waals surface area contributed by atoms with Crippen LogP contribution in [0, 0.1) is 6.92 Å². The van der Waals surface area contributed by atoms with Crippen LogP contribution in [0.3, 0.4) is 0 Å². The fourth-order valence-electron chi connectivity index (χ4n) is 3.76. The van der Waals surface area contributed by atoms with E-state index in [9.17, 15) is 0 Å². The van der Waals surface area contributed by atoms with Gasteiger partial charge in [0.15, 0.2) is 0 Å². The van der Waals surface area contributed by atoms with E-state index in [0.717, 1.165) is 6.54 Å². The van der Waals surface area contributed by atoms with Crippen LogP contribution in [-0.4, -0.2) is 11.0 Å². The van der Waals surface area contributed by atoms with E-state index in [0.29, 0.717) is 12.0 Å². The maximum absolute atomic E-state index is 4.06. The largest absolute Gasteiger partial charge is 0.385 e. The van der Waals surface area contributed by atoms with Gasteiger partial charge in [-0.2, -0.15) is 0 Å². The van der Waals surface area contributed by atoms with Crippen molar-refractivity contribution in [2.24, 2.45) is 0 Å². The predicted octanol–water partition coefficient (Wildman–Crippen LogP) is 4.76. The average molecular weight is 355 g/mol. The van der Waals surface area contributed by atoms with Crippen LogP contribution in [0.15, 0.2) is 85.0 Å².